The van der Waals surface area contributed by atoms with Crippen LogP contribution in [0.15, 0.2) is 76.9 Å². The number of carbonyl (C=O) groups excluding carboxylic acids is 1. The summed E-state index contributed by atoms with van der Waals surface area (Å²) in [6, 6.07) is 20.1. The minimum absolute atomic E-state index is 0.0404. The lowest BCUT2D eigenvalue weighted by molar-refractivity contribution is -0.116. The molecule has 8 heteroatoms. The van der Waals surface area contributed by atoms with Gasteiger partial charge in [-0.15, -0.1) is 11.3 Å². The van der Waals surface area contributed by atoms with Crippen molar-refractivity contribution in [2.45, 2.75) is 6.54 Å². The number of amides is 1. The summed E-state index contributed by atoms with van der Waals surface area (Å²) >= 11 is 1.33. The number of aromatic nitrogens is 2. The molecule has 0 atom stereocenters. The average Bonchev–Trinajstić information content (AvgIpc) is 3.34. The minimum Gasteiger partial charge on any atom is -0.497 e. The van der Waals surface area contributed by atoms with Gasteiger partial charge in [-0.05, 0) is 42.5 Å². The first-order valence-electron chi connectivity index (χ1n) is 10.6. The topological polar surface area (TPSA) is 82.5 Å². The lowest BCUT2D eigenvalue weighted by Crippen LogP contribution is -2.21. The SMILES string of the molecule is COc1ccc(OC)c(-c2csc(NC(=O)Cn3c4ccccc4c(=O)c4ccccc43)n2)c1. The van der Waals surface area contributed by atoms with Crippen molar-refractivity contribution in [1.82, 2.24) is 9.55 Å². The Morgan fingerprint density at radius 2 is 1.65 bits per heavy atom. The number of thiazole rings is 1. The maximum absolute atomic E-state index is 13.0. The van der Waals surface area contributed by atoms with Crippen LogP contribution in [0, 0.1) is 0 Å². The van der Waals surface area contributed by atoms with Crippen molar-refractivity contribution in [3.63, 3.8) is 0 Å². The number of benzene rings is 3. The van der Waals surface area contributed by atoms with Crippen molar-refractivity contribution in [2.75, 3.05) is 19.5 Å². The minimum atomic E-state index is -0.238. The maximum Gasteiger partial charge on any atom is 0.246 e. The molecule has 0 fully saturated rings. The van der Waals surface area contributed by atoms with Gasteiger partial charge in [-0.3, -0.25) is 9.59 Å². The van der Waals surface area contributed by atoms with E-state index >= 15 is 0 Å². The molecule has 2 heterocycles. The number of hydrogen-bond acceptors (Lipinski definition) is 6. The molecular weight excluding hydrogens is 450 g/mol. The third kappa shape index (κ3) is 3.88. The van der Waals surface area contributed by atoms with Crippen LogP contribution in [-0.4, -0.2) is 29.7 Å². The molecule has 0 spiro atoms. The number of pyridine rings is 1. The number of nitrogens with zero attached hydrogens (tertiary/aromatic N) is 2. The summed E-state index contributed by atoms with van der Waals surface area (Å²) < 4.78 is 12.6. The predicted octanol–water partition coefficient (Wildman–Crippen LogP) is 4.93. The number of fused-ring (bicyclic) bond motifs is 2. The van der Waals surface area contributed by atoms with Gasteiger partial charge in [-0.1, -0.05) is 24.3 Å². The Balaban J connectivity index is 1.46. The average molecular weight is 472 g/mol. The van der Waals surface area contributed by atoms with Crippen LogP contribution in [-0.2, 0) is 11.3 Å². The third-order valence-electron chi connectivity index (χ3n) is 5.61. The van der Waals surface area contributed by atoms with E-state index in [2.05, 4.69) is 10.3 Å². The zero-order chi connectivity index (χ0) is 23.7. The summed E-state index contributed by atoms with van der Waals surface area (Å²) in [6.45, 7) is 0.0404. The molecule has 1 N–H and O–H groups in total. The highest BCUT2D eigenvalue weighted by molar-refractivity contribution is 7.14. The second-order valence-electron chi connectivity index (χ2n) is 7.60. The van der Waals surface area contributed by atoms with Gasteiger partial charge in [0, 0.05) is 21.7 Å². The Bertz CT molecular complexity index is 1530. The molecule has 0 bridgehead atoms. The van der Waals surface area contributed by atoms with Gasteiger partial charge in [0.1, 0.15) is 18.0 Å². The quantitative estimate of drug-likeness (QED) is 0.355. The molecule has 2 aromatic heterocycles. The van der Waals surface area contributed by atoms with Crippen molar-refractivity contribution in [3.8, 4) is 22.8 Å². The Hall–Kier alpha value is -4.17. The molecular formula is C26H21N3O4S. The Morgan fingerprint density at radius 1 is 0.971 bits per heavy atom. The van der Waals surface area contributed by atoms with E-state index in [9.17, 15) is 9.59 Å². The summed E-state index contributed by atoms with van der Waals surface area (Å²) in [7, 11) is 3.20. The zero-order valence-corrected chi connectivity index (χ0v) is 19.4. The second-order valence-corrected chi connectivity index (χ2v) is 8.46. The maximum atomic E-state index is 13.0. The van der Waals surface area contributed by atoms with Gasteiger partial charge in [0.15, 0.2) is 10.6 Å². The van der Waals surface area contributed by atoms with Crippen molar-refractivity contribution in [3.05, 3.63) is 82.3 Å². The number of nitrogens with one attached hydrogen (secondary N) is 1. The second kappa shape index (κ2) is 8.99. The van der Waals surface area contributed by atoms with Gasteiger partial charge in [0.25, 0.3) is 0 Å². The highest BCUT2D eigenvalue weighted by atomic mass is 32.1. The summed E-state index contributed by atoms with van der Waals surface area (Å²) in [5.74, 6) is 1.11. The lowest BCUT2D eigenvalue weighted by atomic mass is 10.1. The van der Waals surface area contributed by atoms with Gasteiger partial charge >= 0.3 is 0 Å². The Morgan fingerprint density at radius 3 is 2.29 bits per heavy atom. The standard InChI is InChI=1S/C26H21N3O4S/c1-32-16-11-12-23(33-2)19(13-16)20-15-34-26(27-20)28-24(30)14-29-21-9-5-3-7-17(21)25(31)18-8-4-6-10-22(18)29/h3-13,15H,14H2,1-2H3,(H,27,28,30). The van der Waals surface area contributed by atoms with E-state index in [-0.39, 0.29) is 17.9 Å². The molecule has 0 radical (unpaired) electrons. The van der Waals surface area contributed by atoms with E-state index < -0.39 is 0 Å². The van der Waals surface area contributed by atoms with Crippen molar-refractivity contribution in [2.24, 2.45) is 0 Å². The number of hydrogen-bond donors (Lipinski definition) is 1. The van der Waals surface area contributed by atoms with Gasteiger partial charge in [-0.2, -0.15) is 0 Å². The van der Waals surface area contributed by atoms with E-state index in [4.69, 9.17) is 9.47 Å². The smallest absolute Gasteiger partial charge is 0.246 e. The lowest BCUT2D eigenvalue weighted by Gasteiger charge is -2.14. The van der Waals surface area contributed by atoms with Crippen molar-refractivity contribution < 1.29 is 14.3 Å². The fourth-order valence-electron chi connectivity index (χ4n) is 4.02. The summed E-state index contributed by atoms with van der Waals surface area (Å²) in [6.07, 6.45) is 0. The van der Waals surface area contributed by atoms with Gasteiger partial charge < -0.3 is 19.4 Å². The predicted molar refractivity (Wildman–Crippen MR) is 135 cm³/mol. The van der Waals surface area contributed by atoms with Crippen LogP contribution in [0.2, 0.25) is 0 Å². The number of methoxy groups -OCH3 is 2. The van der Waals surface area contributed by atoms with E-state index in [0.29, 0.717) is 44.1 Å². The van der Waals surface area contributed by atoms with Crippen LogP contribution in [0.3, 0.4) is 0 Å². The van der Waals surface area contributed by atoms with Crippen molar-refractivity contribution in [1.29, 1.82) is 0 Å². The molecule has 34 heavy (non-hydrogen) atoms. The van der Waals surface area contributed by atoms with Gasteiger partial charge in [-0.25, -0.2) is 4.98 Å². The van der Waals surface area contributed by atoms with Gasteiger partial charge in [0.05, 0.1) is 30.9 Å². The van der Waals surface area contributed by atoms with Crippen LogP contribution in [0.4, 0.5) is 5.13 Å². The molecule has 5 aromatic rings. The first-order valence-corrected chi connectivity index (χ1v) is 11.4. The largest absolute Gasteiger partial charge is 0.497 e. The molecule has 1 amide bonds. The summed E-state index contributed by atoms with van der Waals surface area (Å²) in [5, 5.41) is 6.38. The van der Waals surface area contributed by atoms with Crippen LogP contribution >= 0.6 is 11.3 Å². The molecule has 0 saturated carbocycles. The normalized spacial score (nSPS) is 11.0. The molecule has 7 nitrogen and oxygen atoms in total. The number of carbonyl (C=O) groups is 1. The van der Waals surface area contributed by atoms with Crippen LogP contribution < -0.4 is 20.2 Å². The van der Waals surface area contributed by atoms with Crippen LogP contribution in [0.25, 0.3) is 33.1 Å². The van der Waals surface area contributed by atoms with E-state index in [1.807, 2.05) is 64.5 Å². The van der Waals surface area contributed by atoms with Crippen molar-refractivity contribution >= 4 is 44.2 Å². The molecule has 3 aromatic carbocycles. The fourth-order valence-corrected chi connectivity index (χ4v) is 4.75. The Labute approximate surface area is 199 Å². The molecule has 0 unspecified atom stereocenters. The van der Waals surface area contributed by atoms with E-state index in [0.717, 1.165) is 5.56 Å². The monoisotopic (exact) mass is 471 g/mol. The molecule has 170 valence electrons. The summed E-state index contributed by atoms with van der Waals surface area (Å²) in [4.78, 5) is 30.5. The molecule has 0 aliphatic heterocycles. The Kier molecular flexibility index (Phi) is 5.73. The van der Waals surface area contributed by atoms with E-state index in [1.165, 1.54) is 11.3 Å². The first-order chi connectivity index (χ1) is 16.6. The molecule has 0 aliphatic rings. The molecule has 0 aliphatic carbocycles. The fraction of sp³-hybridized carbons (Fsp3) is 0.115. The highest BCUT2D eigenvalue weighted by Gasteiger charge is 2.16. The van der Waals surface area contributed by atoms with E-state index in [1.54, 1.807) is 26.4 Å². The van der Waals surface area contributed by atoms with Crippen LogP contribution in [0.1, 0.15) is 0 Å². The van der Waals surface area contributed by atoms with Crippen LogP contribution in [0.5, 0.6) is 11.5 Å². The summed E-state index contributed by atoms with van der Waals surface area (Å²) in [5.41, 5.74) is 2.83. The number of anilines is 1. The highest BCUT2D eigenvalue weighted by Crippen LogP contribution is 2.35. The third-order valence-corrected chi connectivity index (χ3v) is 6.37. The molecule has 0 saturated heterocycles. The molecule has 5 rings (SSSR count). The van der Waals surface area contributed by atoms with Gasteiger partial charge in [0.2, 0.25) is 5.91 Å². The number of para-hydroxylation sites is 2. The zero-order valence-electron chi connectivity index (χ0n) is 18.6. The first kappa shape index (κ1) is 21.7. The number of ether oxygens (including phenoxy) is 2. The number of rotatable bonds is 6.